The summed E-state index contributed by atoms with van der Waals surface area (Å²) in [6.45, 7) is 0. The van der Waals surface area contributed by atoms with Crippen molar-refractivity contribution in [2.75, 3.05) is 0 Å². The van der Waals surface area contributed by atoms with Gasteiger partial charge in [-0.3, -0.25) is 0 Å². The predicted molar refractivity (Wildman–Crippen MR) is 164 cm³/mol. The highest BCUT2D eigenvalue weighted by molar-refractivity contribution is 6.09. The van der Waals surface area contributed by atoms with E-state index in [1.807, 2.05) is 103 Å². The maximum atomic E-state index is 7.64. The minimum atomic E-state index is -1.06. The largest absolute Gasteiger partial charge is 0.322 e. The Labute approximate surface area is 235 Å². The van der Waals surface area contributed by atoms with Gasteiger partial charge in [0.2, 0.25) is 0 Å². The fourth-order valence-corrected chi connectivity index (χ4v) is 5.54. The van der Waals surface area contributed by atoms with Crippen LogP contribution < -0.4 is 11.5 Å². The minimum absolute atomic E-state index is 0.621. The summed E-state index contributed by atoms with van der Waals surface area (Å²) in [7, 11) is 0. The number of allylic oxidation sites excluding steroid dienone is 1. The summed E-state index contributed by atoms with van der Waals surface area (Å²) in [6, 6.07) is 50.0. The van der Waals surface area contributed by atoms with E-state index in [2.05, 4.69) is 48.5 Å². The molecule has 0 saturated carbocycles. The summed E-state index contributed by atoms with van der Waals surface area (Å²) in [5, 5.41) is 9.67. The molecule has 4 N–H and O–H groups in total. The molecular formula is C36H30N4. The number of azo groups is 1. The van der Waals surface area contributed by atoms with Gasteiger partial charge in [0.15, 0.2) is 0 Å². The van der Waals surface area contributed by atoms with Crippen LogP contribution in [0, 0.1) is 0 Å². The highest BCUT2D eigenvalue weighted by Gasteiger charge is 2.47. The Morgan fingerprint density at radius 1 is 0.500 bits per heavy atom. The van der Waals surface area contributed by atoms with Gasteiger partial charge in [0.1, 0.15) is 0 Å². The molecule has 40 heavy (non-hydrogen) atoms. The van der Waals surface area contributed by atoms with Crippen LogP contribution in [0.3, 0.4) is 0 Å². The molecule has 0 amide bonds. The number of rotatable bonds is 6. The van der Waals surface area contributed by atoms with E-state index in [4.69, 9.17) is 21.7 Å². The zero-order valence-corrected chi connectivity index (χ0v) is 22.1. The third-order valence-corrected chi connectivity index (χ3v) is 7.44. The highest BCUT2D eigenvalue weighted by Crippen LogP contribution is 2.52. The number of nitrogens with two attached hydrogens (primary N) is 2. The monoisotopic (exact) mass is 518 g/mol. The van der Waals surface area contributed by atoms with Crippen LogP contribution >= 0.6 is 0 Å². The second-order valence-electron chi connectivity index (χ2n) is 9.86. The van der Waals surface area contributed by atoms with Crippen LogP contribution in [0.1, 0.15) is 22.3 Å². The second-order valence-corrected chi connectivity index (χ2v) is 9.86. The maximum absolute atomic E-state index is 7.64. The van der Waals surface area contributed by atoms with Crippen molar-refractivity contribution in [2.24, 2.45) is 21.7 Å². The fourth-order valence-electron chi connectivity index (χ4n) is 5.54. The van der Waals surface area contributed by atoms with Crippen LogP contribution in [0.4, 0.5) is 5.69 Å². The SMILES string of the molecule is NC1C(c2ccccc2)=C(N=Nc2ccccc2)C(c2ccccc2)=C(c2ccccc2)C1(N)c1ccccc1. The zero-order valence-electron chi connectivity index (χ0n) is 22.1. The van der Waals surface area contributed by atoms with Crippen LogP contribution in [0.2, 0.25) is 0 Å². The van der Waals surface area contributed by atoms with Crippen molar-refractivity contribution >= 4 is 22.4 Å². The Balaban J connectivity index is 1.77. The lowest BCUT2D eigenvalue weighted by atomic mass is 9.65. The Bertz CT molecular complexity index is 1680. The molecule has 0 bridgehead atoms. The third-order valence-electron chi connectivity index (χ3n) is 7.44. The summed E-state index contributed by atoms with van der Waals surface area (Å²) in [5.74, 6) is 0. The average molecular weight is 519 g/mol. The first-order valence-corrected chi connectivity index (χ1v) is 13.4. The normalized spacial score (nSPS) is 19.3. The molecule has 5 aromatic carbocycles. The van der Waals surface area contributed by atoms with Gasteiger partial charge in [-0.05, 0) is 40.0 Å². The number of hydrogen-bond acceptors (Lipinski definition) is 4. The number of hydrogen-bond donors (Lipinski definition) is 2. The molecule has 0 aliphatic heterocycles. The zero-order chi connectivity index (χ0) is 27.4. The first-order chi connectivity index (χ1) is 19.7. The van der Waals surface area contributed by atoms with Gasteiger partial charge in [-0.15, -0.1) is 5.11 Å². The molecule has 0 radical (unpaired) electrons. The molecule has 2 unspecified atom stereocenters. The van der Waals surface area contributed by atoms with Crippen LogP contribution in [-0.2, 0) is 5.54 Å². The molecule has 4 nitrogen and oxygen atoms in total. The van der Waals surface area contributed by atoms with E-state index in [-0.39, 0.29) is 0 Å². The molecule has 194 valence electrons. The lowest BCUT2D eigenvalue weighted by molar-refractivity contribution is 0.519. The minimum Gasteiger partial charge on any atom is -0.322 e. The molecule has 0 spiro atoms. The first-order valence-electron chi connectivity index (χ1n) is 13.4. The van der Waals surface area contributed by atoms with Gasteiger partial charge in [-0.2, -0.15) is 5.11 Å². The third kappa shape index (κ3) is 4.60. The van der Waals surface area contributed by atoms with Gasteiger partial charge in [0.05, 0.1) is 23.0 Å². The lowest BCUT2D eigenvalue weighted by Crippen LogP contribution is -2.55. The van der Waals surface area contributed by atoms with Gasteiger partial charge < -0.3 is 11.5 Å². The van der Waals surface area contributed by atoms with Gasteiger partial charge in [0.25, 0.3) is 0 Å². The standard InChI is InChI=1S/C36H30N4/c37-35-32(27-18-8-2-9-19-27)34(40-39-30-24-14-5-15-25-30)31(26-16-6-1-7-17-26)33(28-20-10-3-11-21-28)36(35,38)29-22-12-4-13-23-29/h1-25,35H,37-38H2. The van der Waals surface area contributed by atoms with E-state index in [0.29, 0.717) is 5.70 Å². The molecule has 0 fully saturated rings. The van der Waals surface area contributed by atoms with Crippen LogP contribution in [-0.4, -0.2) is 6.04 Å². The van der Waals surface area contributed by atoms with Crippen molar-refractivity contribution < 1.29 is 0 Å². The van der Waals surface area contributed by atoms with E-state index in [1.54, 1.807) is 0 Å². The Kier molecular flexibility index (Phi) is 7.02. The summed E-state index contributed by atoms with van der Waals surface area (Å²) in [6.07, 6.45) is 0. The topological polar surface area (TPSA) is 76.8 Å². The number of nitrogens with zero attached hydrogens (tertiary/aromatic N) is 2. The Morgan fingerprint density at radius 3 is 1.50 bits per heavy atom. The summed E-state index contributed by atoms with van der Waals surface area (Å²) >= 11 is 0. The van der Waals surface area contributed by atoms with E-state index >= 15 is 0 Å². The van der Waals surface area contributed by atoms with E-state index in [0.717, 1.165) is 44.7 Å². The molecule has 6 rings (SSSR count). The second kappa shape index (κ2) is 11.1. The molecule has 4 heteroatoms. The average Bonchev–Trinajstić information content (AvgIpc) is 3.03. The van der Waals surface area contributed by atoms with Crippen molar-refractivity contribution in [3.8, 4) is 0 Å². The number of benzene rings is 5. The molecule has 2 atom stereocenters. The Hall–Kier alpha value is -4.90. The first kappa shape index (κ1) is 25.4. The van der Waals surface area contributed by atoms with Gasteiger partial charge in [-0.25, -0.2) is 0 Å². The summed E-state index contributed by atoms with van der Waals surface area (Å²) < 4.78 is 0. The fraction of sp³-hybridized carbons (Fsp3) is 0.0556. The van der Waals surface area contributed by atoms with Crippen LogP contribution in [0.5, 0.6) is 0 Å². The quantitative estimate of drug-likeness (QED) is 0.224. The van der Waals surface area contributed by atoms with Gasteiger partial charge >= 0.3 is 0 Å². The van der Waals surface area contributed by atoms with Crippen LogP contribution in [0.15, 0.2) is 168 Å². The van der Waals surface area contributed by atoms with Crippen molar-refractivity contribution in [3.63, 3.8) is 0 Å². The van der Waals surface area contributed by atoms with Crippen molar-refractivity contribution in [1.29, 1.82) is 0 Å². The smallest absolute Gasteiger partial charge is 0.0993 e. The van der Waals surface area contributed by atoms with Crippen molar-refractivity contribution in [2.45, 2.75) is 11.6 Å². The Morgan fingerprint density at radius 2 is 0.950 bits per heavy atom. The summed E-state index contributed by atoms with van der Waals surface area (Å²) in [5.41, 5.74) is 21.9. The maximum Gasteiger partial charge on any atom is 0.0993 e. The molecule has 0 aromatic heterocycles. The molecule has 5 aromatic rings. The predicted octanol–water partition coefficient (Wildman–Crippen LogP) is 7.99. The highest BCUT2D eigenvalue weighted by atomic mass is 15.1. The van der Waals surface area contributed by atoms with Gasteiger partial charge in [-0.1, -0.05) is 140 Å². The van der Waals surface area contributed by atoms with Crippen LogP contribution in [0.25, 0.3) is 16.7 Å². The van der Waals surface area contributed by atoms with E-state index < -0.39 is 11.6 Å². The van der Waals surface area contributed by atoms with Crippen molar-refractivity contribution in [1.82, 2.24) is 0 Å². The molecule has 1 aliphatic carbocycles. The molecule has 0 saturated heterocycles. The molecule has 1 aliphatic rings. The van der Waals surface area contributed by atoms with E-state index in [9.17, 15) is 0 Å². The molecule has 0 heterocycles. The lowest BCUT2D eigenvalue weighted by Gasteiger charge is -2.44. The van der Waals surface area contributed by atoms with E-state index in [1.165, 1.54) is 0 Å². The molecular weight excluding hydrogens is 488 g/mol. The van der Waals surface area contributed by atoms with Crippen molar-refractivity contribution in [3.05, 3.63) is 180 Å². The van der Waals surface area contributed by atoms with Gasteiger partial charge in [0, 0.05) is 11.1 Å². The summed E-state index contributed by atoms with van der Waals surface area (Å²) in [4.78, 5) is 0.